The summed E-state index contributed by atoms with van der Waals surface area (Å²) < 4.78 is 14.1. The third-order valence-corrected chi connectivity index (χ3v) is 6.15. The highest BCUT2D eigenvalue weighted by Crippen LogP contribution is 2.01. The van der Waals surface area contributed by atoms with Crippen LogP contribution in [0.1, 0.15) is 6.92 Å². The van der Waals surface area contributed by atoms with E-state index < -0.39 is 17.2 Å². The second-order valence-electron chi connectivity index (χ2n) is 3.11. The summed E-state index contributed by atoms with van der Waals surface area (Å²) >= 11 is 0. The van der Waals surface area contributed by atoms with Crippen LogP contribution >= 0.6 is 10.7 Å². The van der Waals surface area contributed by atoms with E-state index in [2.05, 4.69) is 24.0 Å². The van der Waals surface area contributed by atoms with E-state index in [1.54, 1.807) is 6.92 Å². The monoisotopic (exact) mass is 199 g/mol. The highest BCUT2D eigenvalue weighted by molar-refractivity contribution is 8.21. The van der Waals surface area contributed by atoms with Crippen LogP contribution in [0.2, 0.25) is 19.6 Å². The Kier molecular flexibility index (Phi) is 3.41. The number of halogens is 1. The first-order valence-corrected chi connectivity index (χ1v) is 9.04. The minimum absolute atomic E-state index is 1.50. The van der Waals surface area contributed by atoms with Gasteiger partial charge in [-0.3, -0.25) is 4.39 Å². The van der Waals surface area contributed by atoms with E-state index >= 15 is 0 Å². The third kappa shape index (κ3) is 5.29. The number of hydrogen-bond acceptors (Lipinski definition) is 1. The van der Waals surface area contributed by atoms with Gasteiger partial charge in [-0.1, -0.05) is 19.6 Å². The molecule has 2 nitrogen and oxygen atoms in total. The maximum atomic E-state index is 11.2. The van der Waals surface area contributed by atoms with Gasteiger partial charge in [0.1, 0.15) is 17.2 Å². The Morgan fingerprint density at radius 2 is 1.90 bits per heavy atom. The molecule has 0 rings (SSSR count). The van der Waals surface area contributed by atoms with Crippen molar-refractivity contribution in [3.8, 4) is 0 Å². The van der Waals surface area contributed by atoms with Crippen LogP contribution in [0, 0.1) is 0 Å². The fraction of sp³-hybridized carbons (Fsp3) is 0.800. The zero-order valence-electron chi connectivity index (χ0n) is 6.77. The maximum Gasteiger partial charge on any atom is 0.131 e. The maximum absolute atomic E-state index is 11.2. The molecule has 0 aliphatic carbocycles. The van der Waals surface area contributed by atoms with E-state index in [4.69, 9.17) is 10.7 Å². The van der Waals surface area contributed by atoms with Crippen molar-refractivity contribution in [2.24, 2.45) is 0 Å². The summed E-state index contributed by atoms with van der Waals surface area (Å²) in [6.45, 7) is 7.86. The zero-order valence-corrected chi connectivity index (χ0v) is 9.34. The molecule has 0 amide bonds. The molecule has 0 saturated heterocycles. The van der Waals surface area contributed by atoms with Crippen molar-refractivity contribution >= 4 is 33.2 Å². The second-order valence-corrected chi connectivity index (χ2v) is 11.3. The Labute approximate surface area is 68.7 Å². The Morgan fingerprint density at radius 1 is 1.50 bits per heavy atom. The van der Waals surface area contributed by atoms with Gasteiger partial charge in [0, 0.05) is 0 Å². The lowest BCUT2D eigenvalue weighted by atomic mass is 11.0. The van der Waals surface area contributed by atoms with E-state index in [9.17, 15) is 4.21 Å². The van der Waals surface area contributed by atoms with Crippen LogP contribution in [-0.2, 0) is 8.92 Å². The predicted molar refractivity (Wildman–Crippen MR) is 52.2 cm³/mol. The van der Waals surface area contributed by atoms with Gasteiger partial charge >= 0.3 is 0 Å². The lowest BCUT2D eigenvalue weighted by molar-refractivity contribution is 0.687. The van der Waals surface area contributed by atoms with Gasteiger partial charge < -0.3 is 0 Å². The quantitative estimate of drug-likeness (QED) is 0.409. The predicted octanol–water partition coefficient (Wildman–Crippen LogP) is 1.59. The molecule has 0 fully saturated rings. The van der Waals surface area contributed by atoms with Crippen molar-refractivity contribution < 1.29 is 4.21 Å². The van der Waals surface area contributed by atoms with E-state index in [0.29, 0.717) is 0 Å². The zero-order chi connectivity index (χ0) is 8.41. The molecule has 1 N–H and O–H groups in total. The fourth-order valence-corrected chi connectivity index (χ4v) is 6.37. The van der Waals surface area contributed by atoms with Crippen LogP contribution in [0.25, 0.3) is 0 Å². The molecule has 0 bridgehead atoms. The molecule has 62 valence electrons. The minimum atomic E-state index is -2.37. The highest BCUT2D eigenvalue weighted by Gasteiger charge is 2.16. The smallest absolute Gasteiger partial charge is 0.131 e. The summed E-state index contributed by atoms with van der Waals surface area (Å²) in [4.78, 5) is 0. The highest BCUT2D eigenvalue weighted by atomic mass is 35.7. The fourth-order valence-electron chi connectivity index (χ4n) is 0.476. The van der Waals surface area contributed by atoms with E-state index in [1.165, 1.54) is 5.37 Å². The number of nitrogens with one attached hydrogen (secondary N) is 1. The molecule has 0 aromatic heterocycles. The largest absolute Gasteiger partial charge is 0.255 e. The van der Waals surface area contributed by atoms with E-state index in [-0.39, 0.29) is 0 Å². The van der Waals surface area contributed by atoms with Gasteiger partial charge in [0.05, 0.1) is 0 Å². The van der Waals surface area contributed by atoms with Gasteiger partial charge in [0.15, 0.2) is 0 Å². The molecular formula is C5H14ClNOSSi. The molecule has 0 aromatic rings. The van der Waals surface area contributed by atoms with Gasteiger partial charge in [-0.15, -0.1) is 0 Å². The average molecular weight is 200 g/mol. The molecule has 1 unspecified atom stereocenters. The minimum Gasteiger partial charge on any atom is -0.255 e. The normalized spacial score (nSPS) is 18.1. The number of rotatable bonds is 2. The summed E-state index contributed by atoms with van der Waals surface area (Å²) in [5, 5.41) is 1.51. The number of hydrogen-bond donors (Lipinski definition) is 1. The molecular weight excluding hydrogens is 186 g/mol. The van der Waals surface area contributed by atoms with Crippen LogP contribution < -0.4 is 4.39 Å². The Bertz CT molecular complexity index is 214. The third-order valence-electron chi connectivity index (χ3n) is 0.749. The molecule has 0 saturated carbocycles. The van der Waals surface area contributed by atoms with Crippen molar-refractivity contribution in [2.45, 2.75) is 26.6 Å². The molecule has 0 aromatic carbocycles. The van der Waals surface area contributed by atoms with Crippen LogP contribution in [0.3, 0.4) is 0 Å². The lowest BCUT2D eigenvalue weighted by Gasteiger charge is -2.17. The summed E-state index contributed by atoms with van der Waals surface area (Å²) in [6.07, 6.45) is 0. The Morgan fingerprint density at radius 3 is 2.00 bits per heavy atom. The van der Waals surface area contributed by atoms with Crippen molar-refractivity contribution in [1.82, 2.24) is 4.39 Å². The first kappa shape index (κ1) is 10.5. The molecule has 5 heteroatoms. The summed E-state index contributed by atoms with van der Waals surface area (Å²) in [6, 6.07) is 0. The van der Waals surface area contributed by atoms with Gasteiger partial charge in [0.2, 0.25) is 0 Å². The molecule has 1 atom stereocenters. The summed E-state index contributed by atoms with van der Waals surface area (Å²) in [5.41, 5.74) is 0. The molecule has 0 aliphatic heterocycles. The summed E-state index contributed by atoms with van der Waals surface area (Å²) in [7, 11) is 1.73. The van der Waals surface area contributed by atoms with E-state index in [0.717, 1.165) is 0 Å². The van der Waals surface area contributed by atoms with Crippen molar-refractivity contribution in [1.29, 1.82) is 0 Å². The van der Waals surface area contributed by atoms with Gasteiger partial charge in [-0.2, -0.15) is 0 Å². The van der Waals surface area contributed by atoms with Crippen molar-refractivity contribution in [3.05, 3.63) is 0 Å². The molecule has 0 heterocycles. The van der Waals surface area contributed by atoms with Gasteiger partial charge in [-0.25, -0.2) is 4.21 Å². The topological polar surface area (TPSA) is 29.1 Å². The molecule has 0 radical (unpaired) electrons. The molecule has 0 spiro atoms. The molecule has 0 aliphatic rings. The van der Waals surface area contributed by atoms with Crippen molar-refractivity contribution in [3.63, 3.8) is 0 Å². The van der Waals surface area contributed by atoms with E-state index in [1.807, 2.05) is 0 Å². The Hall–Kier alpha value is 0.487. The Balaban J connectivity index is 4.33. The standard InChI is InChI=1S/C5H14ClNOSSi/c1-5-9(6,8)7-10(2,3)4/h5H,1-4H3,(H,7,8). The molecule has 10 heavy (non-hydrogen) atoms. The van der Waals surface area contributed by atoms with Crippen molar-refractivity contribution in [2.75, 3.05) is 0 Å². The average Bonchev–Trinajstić information content (AvgIpc) is 1.60. The van der Waals surface area contributed by atoms with Crippen LogP contribution in [0.5, 0.6) is 0 Å². The first-order chi connectivity index (χ1) is 4.27. The SMILES string of the molecule is CC=S(=O)(Cl)N[Si](C)(C)C. The van der Waals surface area contributed by atoms with Gasteiger partial charge in [0.25, 0.3) is 0 Å². The summed E-state index contributed by atoms with van der Waals surface area (Å²) in [5.74, 6) is 0. The van der Waals surface area contributed by atoms with Gasteiger partial charge in [-0.05, 0) is 23.0 Å². The second kappa shape index (κ2) is 3.26. The first-order valence-electron chi connectivity index (χ1n) is 3.09. The van der Waals surface area contributed by atoms with Crippen LogP contribution in [0.4, 0.5) is 0 Å². The lowest BCUT2D eigenvalue weighted by Crippen LogP contribution is -2.43. The van der Waals surface area contributed by atoms with Crippen LogP contribution in [0.15, 0.2) is 0 Å². The van der Waals surface area contributed by atoms with Crippen LogP contribution in [-0.4, -0.2) is 17.8 Å².